The quantitative estimate of drug-likeness (QED) is 0.739. The summed E-state index contributed by atoms with van der Waals surface area (Å²) in [7, 11) is 0. The van der Waals surface area contributed by atoms with Gasteiger partial charge in [-0.2, -0.15) is 0 Å². The number of aliphatic hydroxyl groups excluding tert-OH is 2. The summed E-state index contributed by atoms with van der Waals surface area (Å²) in [5.41, 5.74) is 3.58. The van der Waals surface area contributed by atoms with Gasteiger partial charge in [-0.15, -0.1) is 0 Å². The fourth-order valence-corrected chi connectivity index (χ4v) is 3.44. The molecule has 0 amide bonds. The predicted molar refractivity (Wildman–Crippen MR) is 101 cm³/mol. The number of benzene rings is 1. The Morgan fingerprint density at radius 1 is 1.23 bits per heavy atom. The van der Waals surface area contributed by atoms with Gasteiger partial charge >= 0.3 is 0 Å². The molecule has 0 bridgehead atoms. The number of nitrogens with zero attached hydrogens (tertiary/aromatic N) is 3. The minimum atomic E-state index is -0.429. The third-order valence-electron chi connectivity index (χ3n) is 5.14. The normalized spacial score (nSPS) is 17.7. The maximum Gasteiger partial charge on any atom is 0.136 e. The van der Waals surface area contributed by atoms with Crippen LogP contribution in [0.3, 0.4) is 0 Å². The van der Waals surface area contributed by atoms with Gasteiger partial charge in [0.2, 0.25) is 0 Å². The average molecular weight is 354 g/mol. The van der Waals surface area contributed by atoms with Crippen LogP contribution in [0.1, 0.15) is 54.3 Å². The van der Waals surface area contributed by atoms with Crippen molar-refractivity contribution in [1.29, 1.82) is 0 Å². The summed E-state index contributed by atoms with van der Waals surface area (Å²) in [5, 5.41) is 22.0. The first-order chi connectivity index (χ1) is 12.6. The van der Waals surface area contributed by atoms with E-state index in [1.54, 1.807) is 6.92 Å². The highest BCUT2D eigenvalue weighted by Gasteiger charge is 2.28. The van der Waals surface area contributed by atoms with Gasteiger partial charge in [0.05, 0.1) is 12.7 Å². The van der Waals surface area contributed by atoms with Crippen LogP contribution < -0.4 is 10.2 Å². The van der Waals surface area contributed by atoms with E-state index in [0.29, 0.717) is 12.5 Å². The molecule has 2 heterocycles. The molecule has 0 spiro atoms. The van der Waals surface area contributed by atoms with Crippen LogP contribution in [0.4, 0.5) is 11.6 Å². The molecule has 1 aromatic heterocycles. The Morgan fingerprint density at radius 3 is 2.81 bits per heavy atom. The van der Waals surface area contributed by atoms with Crippen LogP contribution in [0, 0.1) is 0 Å². The zero-order valence-electron chi connectivity index (χ0n) is 15.1. The lowest BCUT2D eigenvalue weighted by molar-refractivity contribution is 0.199. The van der Waals surface area contributed by atoms with Crippen LogP contribution in [0.25, 0.3) is 0 Å². The van der Waals surface area contributed by atoms with E-state index in [9.17, 15) is 5.11 Å². The van der Waals surface area contributed by atoms with Gasteiger partial charge in [0, 0.05) is 31.6 Å². The zero-order valence-corrected chi connectivity index (χ0v) is 15.1. The van der Waals surface area contributed by atoms with E-state index >= 15 is 0 Å². The molecule has 2 aromatic rings. The molecule has 6 nitrogen and oxygen atoms in total. The maximum absolute atomic E-state index is 9.79. The fourth-order valence-electron chi connectivity index (χ4n) is 3.44. The van der Waals surface area contributed by atoms with E-state index in [1.165, 1.54) is 11.1 Å². The van der Waals surface area contributed by atoms with E-state index in [1.807, 2.05) is 12.1 Å². The third-order valence-corrected chi connectivity index (χ3v) is 5.14. The number of anilines is 2. The van der Waals surface area contributed by atoms with Crippen molar-refractivity contribution in [2.45, 2.75) is 44.8 Å². The Balaban J connectivity index is 1.58. The first-order valence-electron chi connectivity index (χ1n) is 9.42. The van der Waals surface area contributed by atoms with E-state index < -0.39 is 6.10 Å². The predicted octanol–water partition coefficient (Wildman–Crippen LogP) is 2.37. The number of rotatable bonds is 6. The topological polar surface area (TPSA) is 81.5 Å². The number of fused-ring (bicyclic) bond motifs is 1. The van der Waals surface area contributed by atoms with Gasteiger partial charge < -0.3 is 20.4 Å². The molecule has 0 radical (unpaired) electrons. The number of aromatic nitrogens is 2. The Morgan fingerprint density at radius 2 is 2.08 bits per heavy atom. The van der Waals surface area contributed by atoms with Gasteiger partial charge in [0.25, 0.3) is 0 Å². The van der Waals surface area contributed by atoms with Crippen LogP contribution in [0.5, 0.6) is 0 Å². The van der Waals surface area contributed by atoms with Crippen molar-refractivity contribution in [3.63, 3.8) is 0 Å². The highest BCUT2D eigenvalue weighted by Crippen LogP contribution is 2.39. The number of hydrogen-bond donors (Lipinski definition) is 3. The molecule has 1 fully saturated rings. The van der Waals surface area contributed by atoms with Gasteiger partial charge in [-0.05, 0) is 42.9 Å². The monoisotopic (exact) mass is 354 g/mol. The third kappa shape index (κ3) is 3.66. The second-order valence-electron chi connectivity index (χ2n) is 7.27. The lowest BCUT2D eigenvalue weighted by atomic mass is 9.96. The van der Waals surface area contributed by atoms with Crippen molar-refractivity contribution in [3.8, 4) is 0 Å². The summed E-state index contributed by atoms with van der Waals surface area (Å²) in [6, 6.07) is 8.24. The molecule has 3 N–H and O–H groups in total. The van der Waals surface area contributed by atoms with Crippen molar-refractivity contribution >= 4 is 11.6 Å². The number of aliphatic hydroxyl groups is 2. The molecular formula is C20H26N4O2. The van der Waals surface area contributed by atoms with Crippen LogP contribution >= 0.6 is 0 Å². The van der Waals surface area contributed by atoms with E-state index in [0.717, 1.165) is 55.4 Å². The Bertz CT molecular complexity index is 789. The van der Waals surface area contributed by atoms with Gasteiger partial charge in [-0.25, -0.2) is 9.97 Å². The van der Waals surface area contributed by atoms with Crippen molar-refractivity contribution in [3.05, 3.63) is 46.8 Å². The SMILES string of the molecule is C[C@H](O)c1ccc2c(c1)CCN(c1cc(NCCO)nc(C3CC3)n1)C2. The molecule has 4 rings (SSSR count). The molecule has 1 aliphatic heterocycles. The summed E-state index contributed by atoms with van der Waals surface area (Å²) in [6.45, 7) is 4.09. The van der Waals surface area contributed by atoms with Gasteiger partial charge in [-0.1, -0.05) is 18.2 Å². The standard InChI is InChI=1S/C20H26N4O2/c1-13(26)15-4-5-17-12-24(8-6-16(17)10-15)19-11-18(21-7-9-25)22-20(23-19)14-2-3-14/h4-5,10-11,13-14,25-26H,2-3,6-9,12H2,1H3,(H,21,22,23)/t13-/m0/s1. The van der Waals surface area contributed by atoms with Crippen molar-refractivity contribution in [2.24, 2.45) is 0 Å². The minimum absolute atomic E-state index is 0.0841. The molecule has 1 atom stereocenters. The maximum atomic E-state index is 9.79. The molecule has 26 heavy (non-hydrogen) atoms. The largest absolute Gasteiger partial charge is 0.395 e. The summed E-state index contributed by atoms with van der Waals surface area (Å²) in [4.78, 5) is 11.7. The van der Waals surface area contributed by atoms with Crippen LogP contribution in [0.2, 0.25) is 0 Å². The lowest BCUT2D eigenvalue weighted by Crippen LogP contribution is -2.31. The van der Waals surface area contributed by atoms with Gasteiger partial charge in [0.15, 0.2) is 0 Å². The van der Waals surface area contributed by atoms with Crippen LogP contribution in [0.15, 0.2) is 24.3 Å². The highest BCUT2D eigenvalue weighted by molar-refractivity contribution is 5.52. The molecule has 1 aromatic carbocycles. The van der Waals surface area contributed by atoms with E-state index in [-0.39, 0.29) is 6.61 Å². The number of hydrogen-bond acceptors (Lipinski definition) is 6. The van der Waals surface area contributed by atoms with E-state index in [4.69, 9.17) is 10.1 Å². The summed E-state index contributed by atoms with van der Waals surface area (Å²) in [5.74, 6) is 3.14. The Labute approximate surface area is 153 Å². The Hall–Kier alpha value is -2.18. The number of nitrogens with one attached hydrogen (secondary N) is 1. The smallest absolute Gasteiger partial charge is 0.136 e. The molecule has 1 saturated carbocycles. The summed E-state index contributed by atoms with van der Waals surface area (Å²) in [6.07, 6.45) is 2.83. The minimum Gasteiger partial charge on any atom is -0.395 e. The van der Waals surface area contributed by atoms with Crippen molar-refractivity contribution in [2.75, 3.05) is 29.9 Å². The second-order valence-corrected chi connectivity index (χ2v) is 7.27. The van der Waals surface area contributed by atoms with Crippen molar-refractivity contribution < 1.29 is 10.2 Å². The van der Waals surface area contributed by atoms with Crippen LogP contribution in [-0.2, 0) is 13.0 Å². The summed E-state index contributed by atoms with van der Waals surface area (Å²) >= 11 is 0. The molecule has 0 saturated heterocycles. The van der Waals surface area contributed by atoms with Crippen molar-refractivity contribution in [1.82, 2.24) is 9.97 Å². The molecule has 2 aliphatic rings. The fraction of sp³-hybridized carbons (Fsp3) is 0.500. The average Bonchev–Trinajstić information content (AvgIpc) is 3.50. The first-order valence-corrected chi connectivity index (χ1v) is 9.42. The molecular weight excluding hydrogens is 328 g/mol. The second kappa shape index (κ2) is 7.21. The Kier molecular flexibility index (Phi) is 4.78. The lowest BCUT2D eigenvalue weighted by Gasteiger charge is -2.30. The van der Waals surface area contributed by atoms with Gasteiger partial charge in [-0.3, -0.25) is 0 Å². The zero-order chi connectivity index (χ0) is 18.1. The molecule has 0 unspecified atom stereocenters. The van der Waals surface area contributed by atoms with Gasteiger partial charge in [0.1, 0.15) is 17.5 Å². The highest BCUT2D eigenvalue weighted by atomic mass is 16.3. The van der Waals surface area contributed by atoms with Crippen LogP contribution in [-0.4, -0.2) is 39.9 Å². The summed E-state index contributed by atoms with van der Waals surface area (Å²) < 4.78 is 0. The molecule has 138 valence electrons. The first kappa shape index (κ1) is 17.2. The molecule has 6 heteroatoms. The van der Waals surface area contributed by atoms with E-state index in [2.05, 4.69) is 27.3 Å². The molecule has 1 aliphatic carbocycles.